The lowest BCUT2D eigenvalue weighted by atomic mass is 9.73. The molecule has 5 nitrogen and oxygen atoms in total. The predicted octanol–water partition coefficient (Wildman–Crippen LogP) is 2.32. The van der Waals surface area contributed by atoms with Gasteiger partial charge in [0.25, 0.3) is 0 Å². The first-order valence-corrected chi connectivity index (χ1v) is 8.60. The fourth-order valence-corrected chi connectivity index (χ4v) is 4.22. The lowest BCUT2D eigenvalue weighted by Gasteiger charge is -2.48. The number of hydrogen-bond acceptors (Lipinski definition) is 4. The number of nitrogens with zero attached hydrogens (tertiary/aromatic N) is 4. The number of piperidine rings is 2. The summed E-state index contributed by atoms with van der Waals surface area (Å²) in [6.45, 7) is 2.75. The minimum Gasteiger partial charge on any atom is -0.355 e. The number of pyridine rings is 1. The van der Waals surface area contributed by atoms with Gasteiger partial charge in [0, 0.05) is 43.7 Å². The average Bonchev–Trinajstić information content (AvgIpc) is 3.42. The second kappa shape index (κ2) is 5.52. The lowest BCUT2D eigenvalue weighted by molar-refractivity contribution is -0.138. The third-order valence-electron chi connectivity index (χ3n) is 5.55. The molecular weight excluding hydrogens is 288 g/mol. The van der Waals surface area contributed by atoms with E-state index in [-0.39, 0.29) is 5.41 Å². The third kappa shape index (κ3) is 2.67. The maximum absolute atomic E-state index is 12.2. The van der Waals surface area contributed by atoms with E-state index in [0.29, 0.717) is 23.9 Å². The highest BCUT2D eigenvalue weighted by Crippen LogP contribution is 2.43. The van der Waals surface area contributed by atoms with Crippen LogP contribution in [0.25, 0.3) is 0 Å². The van der Waals surface area contributed by atoms with Crippen molar-refractivity contribution in [1.82, 2.24) is 9.88 Å². The van der Waals surface area contributed by atoms with E-state index in [1.807, 2.05) is 12.1 Å². The molecule has 0 N–H and O–H groups in total. The Balaban J connectivity index is 1.57. The largest absolute Gasteiger partial charge is 0.355 e. The quantitative estimate of drug-likeness (QED) is 0.841. The molecule has 2 saturated heterocycles. The molecular formula is C18H22N4O. The van der Waals surface area contributed by atoms with Crippen LogP contribution in [-0.2, 0) is 4.79 Å². The molecule has 1 spiro atoms. The Kier molecular flexibility index (Phi) is 3.48. The molecule has 0 bridgehead atoms. The van der Waals surface area contributed by atoms with Crippen LogP contribution in [0.5, 0.6) is 0 Å². The maximum Gasteiger partial charge on any atom is 0.222 e. The number of amides is 1. The molecule has 1 atom stereocenters. The Labute approximate surface area is 136 Å². The van der Waals surface area contributed by atoms with Crippen molar-refractivity contribution in [2.45, 2.75) is 44.6 Å². The Morgan fingerprint density at radius 1 is 1.30 bits per heavy atom. The molecule has 4 rings (SSSR count). The minimum absolute atomic E-state index is 0.180. The van der Waals surface area contributed by atoms with Gasteiger partial charge in [-0.2, -0.15) is 5.26 Å². The number of anilines is 1. The van der Waals surface area contributed by atoms with Crippen LogP contribution in [0.3, 0.4) is 0 Å². The lowest BCUT2D eigenvalue weighted by Crippen LogP contribution is -2.54. The number of rotatable bonds is 2. The van der Waals surface area contributed by atoms with Gasteiger partial charge in [0.05, 0.1) is 5.56 Å². The van der Waals surface area contributed by atoms with Gasteiger partial charge >= 0.3 is 0 Å². The molecule has 1 aromatic heterocycles. The number of nitriles is 1. The normalized spacial score (nSPS) is 28.0. The molecule has 0 radical (unpaired) electrons. The summed E-state index contributed by atoms with van der Waals surface area (Å²) in [6.07, 6.45) is 8.04. The Hall–Kier alpha value is -2.09. The van der Waals surface area contributed by atoms with Crippen LogP contribution in [0.2, 0.25) is 0 Å². The summed E-state index contributed by atoms with van der Waals surface area (Å²) in [7, 11) is 0. The van der Waals surface area contributed by atoms with Crippen molar-refractivity contribution < 1.29 is 4.79 Å². The molecule has 5 heteroatoms. The van der Waals surface area contributed by atoms with E-state index >= 15 is 0 Å². The third-order valence-corrected chi connectivity index (χ3v) is 5.55. The van der Waals surface area contributed by atoms with E-state index in [0.717, 1.165) is 38.3 Å². The number of carbonyl (C=O) groups excluding carboxylic acids is 1. The molecule has 1 saturated carbocycles. The number of likely N-dealkylation sites (tertiary alicyclic amines) is 1. The van der Waals surface area contributed by atoms with Gasteiger partial charge in [0.2, 0.25) is 5.91 Å². The van der Waals surface area contributed by atoms with Crippen molar-refractivity contribution in [1.29, 1.82) is 5.26 Å². The van der Waals surface area contributed by atoms with Gasteiger partial charge in [-0.3, -0.25) is 4.79 Å². The van der Waals surface area contributed by atoms with Gasteiger partial charge in [-0.05, 0) is 44.2 Å². The smallest absolute Gasteiger partial charge is 0.222 e. The first-order chi connectivity index (χ1) is 11.2. The van der Waals surface area contributed by atoms with Gasteiger partial charge in [-0.1, -0.05) is 0 Å². The topological polar surface area (TPSA) is 60.2 Å². The van der Waals surface area contributed by atoms with E-state index in [1.54, 1.807) is 6.20 Å². The Morgan fingerprint density at radius 3 is 2.96 bits per heavy atom. The van der Waals surface area contributed by atoms with Gasteiger partial charge in [-0.25, -0.2) is 4.98 Å². The summed E-state index contributed by atoms with van der Waals surface area (Å²) in [6, 6.07) is 6.41. The van der Waals surface area contributed by atoms with Crippen LogP contribution in [0, 0.1) is 16.7 Å². The zero-order valence-corrected chi connectivity index (χ0v) is 13.4. The molecule has 23 heavy (non-hydrogen) atoms. The zero-order valence-electron chi connectivity index (χ0n) is 13.4. The summed E-state index contributed by atoms with van der Waals surface area (Å²) in [5, 5.41) is 9.34. The summed E-state index contributed by atoms with van der Waals surface area (Å²) in [4.78, 5) is 21.1. The molecule has 1 aromatic rings. The SMILES string of the molecule is N#Cc1cccnc1N1CCC[C@@]2(CCC(=O)N(C3CC3)C2)C1. The Morgan fingerprint density at radius 2 is 2.17 bits per heavy atom. The highest BCUT2D eigenvalue weighted by Gasteiger charge is 2.45. The monoisotopic (exact) mass is 310 g/mol. The van der Waals surface area contributed by atoms with E-state index < -0.39 is 0 Å². The summed E-state index contributed by atoms with van der Waals surface area (Å²) in [5.74, 6) is 1.15. The van der Waals surface area contributed by atoms with Crippen LogP contribution in [0.1, 0.15) is 44.1 Å². The van der Waals surface area contributed by atoms with Gasteiger partial charge in [0.15, 0.2) is 0 Å². The molecule has 1 aliphatic carbocycles. The number of hydrogen-bond donors (Lipinski definition) is 0. The molecule has 3 fully saturated rings. The molecule has 120 valence electrons. The van der Waals surface area contributed by atoms with Crippen molar-refractivity contribution >= 4 is 11.7 Å². The molecule has 1 amide bonds. The van der Waals surface area contributed by atoms with E-state index in [9.17, 15) is 10.1 Å². The van der Waals surface area contributed by atoms with Crippen LogP contribution in [-0.4, -0.2) is 41.5 Å². The summed E-state index contributed by atoms with van der Waals surface area (Å²) in [5.41, 5.74) is 0.828. The second-order valence-corrected chi connectivity index (χ2v) is 7.26. The van der Waals surface area contributed by atoms with Gasteiger partial charge in [0.1, 0.15) is 11.9 Å². The zero-order chi connectivity index (χ0) is 15.9. The van der Waals surface area contributed by atoms with Gasteiger partial charge in [-0.15, -0.1) is 0 Å². The number of aromatic nitrogens is 1. The first kappa shape index (κ1) is 14.5. The second-order valence-electron chi connectivity index (χ2n) is 7.26. The van der Waals surface area contributed by atoms with Crippen LogP contribution < -0.4 is 4.90 Å². The highest BCUT2D eigenvalue weighted by atomic mass is 16.2. The summed E-state index contributed by atoms with van der Waals surface area (Å²) < 4.78 is 0. The average molecular weight is 310 g/mol. The van der Waals surface area contributed by atoms with E-state index in [4.69, 9.17) is 0 Å². The van der Waals surface area contributed by atoms with Crippen molar-refractivity contribution in [3.8, 4) is 6.07 Å². The van der Waals surface area contributed by atoms with Crippen LogP contribution in [0.15, 0.2) is 18.3 Å². The highest BCUT2D eigenvalue weighted by molar-refractivity contribution is 5.78. The first-order valence-electron chi connectivity index (χ1n) is 8.60. The fraction of sp³-hybridized carbons (Fsp3) is 0.611. The maximum atomic E-state index is 12.2. The van der Waals surface area contributed by atoms with Crippen LogP contribution >= 0.6 is 0 Å². The fourth-order valence-electron chi connectivity index (χ4n) is 4.22. The van der Waals surface area contributed by atoms with Crippen molar-refractivity contribution in [2.24, 2.45) is 5.41 Å². The predicted molar refractivity (Wildman–Crippen MR) is 86.8 cm³/mol. The number of carbonyl (C=O) groups is 1. The molecule has 0 unspecified atom stereocenters. The standard InChI is InChI=1S/C18H22N4O/c19-11-14-3-1-9-20-17(14)21-10-2-7-18(12-21)8-6-16(23)22(13-18)15-4-5-15/h1,3,9,15H,2,4-8,10,12-13H2/t18-/m1/s1. The van der Waals surface area contributed by atoms with Crippen molar-refractivity contribution in [2.75, 3.05) is 24.5 Å². The Bertz CT molecular complexity index is 663. The molecule has 0 aromatic carbocycles. The van der Waals surface area contributed by atoms with Gasteiger partial charge < -0.3 is 9.80 Å². The molecule has 3 aliphatic rings. The van der Waals surface area contributed by atoms with E-state index in [2.05, 4.69) is 20.9 Å². The minimum atomic E-state index is 0.180. The van der Waals surface area contributed by atoms with Crippen LogP contribution in [0.4, 0.5) is 5.82 Å². The van der Waals surface area contributed by atoms with E-state index in [1.165, 1.54) is 19.3 Å². The molecule has 2 aliphatic heterocycles. The summed E-state index contributed by atoms with van der Waals surface area (Å²) >= 11 is 0. The molecule has 3 heterocycles. The van der Waals surface area contributed by atoms with Crippen molar-refractivity contribution in [3.63, 3.8) is 0 Å². The van der Waals surface area contributed by atoms with Crippen molar-refractivity contribution in [3.05, 3.63) is 23.9 Å².